The van der Waals surface area contributed by atoms with E-state index in [9.17, 15) is 0 Å². The number of rotatable bonds is 7. The molecule has 0 saturated heterocycles. The van der Waals surface area contributed by atoms with Crippen molar-refractivity contribution in [1.82, 2.24) is 9.55 Å². The van der Waals surface area contributed by atoms with E-state index in [0.29, 0.717) is 0 Å². The van der Waals surface area contributed by atoms with E-state index < -0.39 is 5.41 Å². The quantitative estimate of drug-likeness (QED) is 0.117. The number of nitrogens with zero attached hydrogens (tertiary/aromatic N) is 4. The fourth-order valence-electron chi connectivity index (χ4n) is 8.89. The molecule has 6 aromatic carbocycles. The topological polar surface area (TPSA) is 24.3 Å². The molecule has 8 aromatic rings. The third kappa shape index (κ3) is 7.62. The van der Waals surface area contributed by atoms with Crippen molar-refractivity contribution in [3.8, 4) is 5.82 Å². The van der Waals surface area contributed by atoms with E-state index in [1.807, 2.05) is 18.3 Å². The van der Waals surface area contributed by atoms with Gasteiger partial charge in [-0.05, 0) is 75.0 Å². The van der Waals surface area contributed by atoms with Gasteiger partial charge in [-0.1, -0.05) is 159 Å². The van der Waals surface area contributed by atoms with Gasteiger partial charge in [0.25, 0.3) is 0 Å². The molecule has 1 aliphatic rings. The van der Waals surface area contributed by atoms with Crippen molar-refractivity contribution in [2.75, 3.05) is 9.80 Å². The maximum Gasteiger partial charge on any atom is 0.135 e. The molecule has 0 amide bonds. The van der Waals surface area contributed by atoms with Gasteiger partial charge in [-0.2, -0.15) is 42.5 Å². The van der Waals surface area contributed by atoms with Crippen LogP contribution in [0.15, 0.2) is 170 Å². The zero-order chi connectivity index (χ0) is 42.7. The molecule has 0 atom stereocenters. The Morgan fingerprint density at radius 3 is 1.71 bits per heavy atom. The van der Waals surface area contributed by atoms with Gasteiger partial charge >= 0.3 is 0 Å². The molecule has 1 aliphatic heterocycles. The van der Waals surface area contributed by atoms with E-state index in [0.717, 1.165) is 55.9 Å². The van der Waals surface area contributed by atoms with E-state index in [1.54, 1.807) is 0 Å². The van der Waals surface area contributed by atoms with Crippen molar-refractivity contribution in [3.05, 3.63) is 222 Å². The SMILES string of the molecule is CC(C)(C)C1=CN(c2cc(C(C)(C)C)cc(C(C)(C)C)c2)[CH-]N1c1[c-]c(C(c2[c-]c3c(cc2)c2ccccc2n3-c2ccccn2)(c2ccccc2)c2ccccc2)ccc1.[Pt]. The maximum atomic E-state index is 4.85. The number of allylic oxidation sites excluding steroid dienone is 1. The van der Waals surface area contributed by atoms with Crippen molar-refractivity contribution < 1.29 is 21.1 Å². The second-order valence-electron chi connectivity index (χ2n) is 19.5. The third-order valence-corrected chi connectivity index (χ3v) is 12.2. The Kier molecular flexibility index (Phi) is 11.2. The van der Waals surface area contributed by atoms with Crippen molar-refractivity contribution in [2.24, 2.45) is 5.41 Å². The zero-order valence-electron chi connectivity index (χ0n) is 37.3. The normalized spacial score (nSPS) is 13.7. The molecule has 0 saturated carbocycles. The summed E-state index contributed by atoms with van der Waals surface area (Å²) in [7, 11) is 0. The maximum absolute atomic E-state index is 4.85. The second kappa shape index (κ2) is 16.2. The van der Waals surface area contributed by atoms with E-state index in [2.05, 4.69) is 241 Å². The third-order valence-electron chi connectivity index (χ3n) is 12.2. The van der Waals surface area contributed by atoms with Crippen LogP contribution in [0, 0.1) is 24.2 Å². The molecule has 0 spiro atoms. The van der Waals surface area contributed by atoms with Gasteiger partial charge in [-0.15, -0.1) is 28.9 Å². The molecule has 0 fully saturated rings. The van der Waals surface area contributed by atoms with Gasteiger partial charge in [-0.25, -0.2) is 4.98 Å². The summed E-state index contributed by atoms with van der Waals surface area (Å²) in [6.45, 7) is 22.9. The van der Waals surface area contributed by atoms with Crippen LogP contribution in [0.5, 0.6) is 0 Å². The summed E-state index contributed by atoms with van der Waals surface area (Å²) in [5.74, 6) is 0.860. The monoisotopic (exact) mass is 990 g/mol. The first-order chi connectivity index (χ1) is 29.1. The van der Waals surface area contributed by atoms with Gasteiger partial charge < -0.3 is 14.4 Å². The minimum Gasteiger partial charge on any atom is -0.497 e. The summed E-state index contributed by atoms with van der Waals surface area (Å²) >= 11 is 0. The van der Waals surface area contributed by atoms with Crippen LogP contribution in [0.3, 0.4) is 0 Å². The minimum atomic E-state index is -0.786. The Labute approximate surface area is 383 Å². The summed E-state index contributed by atoms with van der Waals surface area (Å²) < 4.78 is 2.25. The Morgan fingerprint density at radius 1 is 0.516 bits per heavy atom. The van der Waals surface area contributed by atoms with Crippen molar-refractivity contribution >= 4 is 33.2 Å². The first kappa shape index (κ1) is 43.0. The summed E-state index contributed by atoms with van der Waals surface area (Å²) in [5, 5.41) is 2.30. The fourth-order valence-corrected chi connectivity index (χ4v) is 8.89. The number of fused-ring (bicyclic) bond motifs is 3. The van der Waals surface area contributed by atoms with Crippen LogP contribution in [0.25, 0.3) is 27.6 Å². The summed E-state index contributed by atoms with van der Waals surface area (Å²) in [6, 6.07) is 62.9. The molecule has 316 valence electrons. The fraction of sp³-hybridized carbons (Fsp3) is 0.228. The van der Waals surface area contributed by atoms with Gasteiger partial charge in [0.15, 0.2) is 0 Å². The predicted octanol–water partition coefficient (Wildman–Crippen LogP) is 14.1. The molecule has 0 unspecified atom stereocenters. The minimum absolute atomic E-state index is 0. The number of hydrogen-bond donors (Lipinski definition) is 0. The predicted molar refractivity (Wildman–Crippen MR) is 255 cm³/mol. The van der Waals surface area contributed by atoms with Gasteiger partial charge in [0.1, 0.15) is 5.82 Å². The Hall–Kier alpha value is -5.70. The van der Waals surface area contributed by atoms with Crippen LogP contribution in [0.2, 0.25) is 0 Å². The van der Waals surface area contributed by atoms with E-state index in [-0.39, 0.29) is 37.3 Å². The molecule has 62 heavy (non-hydrogen) atoms. The van der Waals surface area contributed by atoms with Gasteiger partial charge in [0, 0.05) is 55.0 Å². The van der Waals surface area contributed by atoms with Gasteiger partial charge in [0.2, 0.25) is 0 Å². The molecule has 5 heteroatoms. The van der Waals surface area contributed by atoms with Crippen LogP contribution in [-0.2, 0) is 37.3 Å². The molecule has 0 N–H and O–H groups in total. The summed E-state index contributed by atoms with van der Waals surface area (Å²) in [6.07, 6.45) is 4.18. The first-order valence-corrected chi connectivity index (χ1v) is 21.5. The molecule has 3 heterocycles. The van der Waals surface area contributed by atoms with Crippen LogP contribution in [0.1, 0.15) is 95.7 Å². The number of aromatic nitrogens is 2. The average molecular weight is 991 g/mol. The van der Waals surface area contributed by atoms with Crippen LogP contribution < -0.4 is 9.80 Å². The number of hydrogen-bond acceptors (Lipinski definition) is 3. The Bertz CT molecular complexity index is 2820. The zero-order valence-corrected chi connectivity index (χ0v) is 39.5. The largest absolute Gasteiger partial charge is 0.497 e. The molecule has 4 nitrogen and oxygen atoms in total. The number of pyridine rings is 1. The average Bonchev–Trinajstić information content (AvgIpc) is 3.86. The second-order valence-corrected chi connectivity index (χ2v) is 19.5. The molecule has 0 radical (unpaired) electrons. The Balaban J connectivity index is 0.00000529. The van der Waals surface area contributed by atoms with E-state index >= 15 is 0 Å². The van der Waals surface area contributed by atoms with Crippen LogP contribution in [0.4, 0.5) is 11.4 Å². The number of para-hydroxylation sites is 1. The summed E-state index contributed by atoms with van der Waals surface area (Å²) in [5.41, 5.74) is 11.4. The van der Waals surface area contributed by atoms with Gasteiger partial charge in [0.05, 0.1) is 0 Å². The van der Waals surface area contributed by atoms with Crippen LogP contribution >= 0.6 is 0 Å². The van der Waals surface area contributed by atoms with Gasteiger partial charge in [-0.3, -0.25) is 0 Å². The van der Waals surface area contributed by atoms with E-state index in [4.69, 9.17) is 4.98 Å². The molecule has 2 aromatic heterocycles. The molecule has 0 bridgehead atoms. The molecular weight excluding hydrogens is 936 g/mol. The number of anilines is 2. The van der Waals surface area contributed by atoms with E-state index in [1.165, 1.54) is 22.2 Å². The van der Waals surface area contributed by atoms with Crippen LogP contribution in [-0.4, -0.2) is 9.55 Å². The number of benzene rings is 6. The molecular formula is C57H55N4Pt-3. The van der Waals surface area contributed by atoms with Crippen molar-refractivity contribution in [2.45, 2.75) is 78.6 Å². The Morgan fingerprint density at radius 2 is 1.11 bits per heavy atom. The van der Waals surface area contributed by atoms with Crippen molar-refractivity contribution in [1.29, 1.82) is 0 Å². The first-order valence-electron chi connectivity index (χ1n) is 21.5. The summed E-state index contributed by atoms with van der Waals surface area (Å²) in [4.78, 5) is 9.50. The molecule has 9 rings (SSSR count). The standard InChI is InChI=1S/C57H55N4.Pt/c1-54(2,3)44-33-45(55(4,5)6)36-47(35-44)59-38-52(56(7,8)9)60(39-59)46-26-20-25-42(34-46)57(40-21-12-10-13-22-40,41-23-14-11-15-24-41)43-30-31-49-48-27-16-17-28-50(48)61(51(49)37-43)53-29-18-19-32-58-53;/h10-33,35-36,38-39H,1-9H3;/q-3;. The smallest absolute Gasteiger partial charge is 0.135 e. The molecule has 0 aliphatic carbocycles. The van der Waals surface area contributed by atoms with Crippen molar-refractivity contribution in [3.63, 3.8) is 0 Å².